The molecule has 0 heterocycles. The predicted molar refractivity (Wildman–Crippen MR) is 202 cm³/mol. The van der Waals surface area contributed by atoms with E-state index in [4.69, 9.17) is 14.2 Å². The van der Waals surface area contributed by atoms with Crippen LogP contribution in [0.2, 0.25) is 0 Å². The van der Waals surface area contributed by atoms with Gasteiger partial charge in [0.1, 0.15) is 6.61 Å². The molecule has 0 radical (unpaired) electrons. The Hall–Kier alpha value is -1.93. The summed E-state index contributed by atoms with van der Waals surface area (Å²) in [4.78, 5) is 36.8. The number of rotatable bonds is 36. The molecule has 0 saturated heterocycles. The van der Waals surface area contributed by atoms with Crippen LogP contribution in [-0.2, 0) is 28.6 Å². The van der Waals surface area contributed by atoms with Crippen molar-refractivity contribution in [2.45, 2.75) is 193 Å². The zero-order valence-corrected chi connectivity index (χ0v) is 32.7. The molecule has 0 aliphatic carbocycles. The lowest BCUT2D eigenvalue weighted by atomic mass is 10.0. The molecule has 2 unspecified atom stereocenters. The number of allylic oxidation sites excluding steroid dienone is 2. The van der Waals surface area contributed by atoms with Crippen LogP contribution in [0.4, 0.5) is 0 Å². The third-order valence-corrected chi connectivity index (χ3v) is 9.16. The molecular weight excluding hydrogens is 618 g/mol. The molecule has 49 heavy (non-hydrogen) atoms. The Morgan fingerprint density at radius 3 is 1.53 bits per heavy atom. The monoisotopic (exact) mass is 697 g/mol. The topological polar surface area (TPSA) is 99.1 Å². The second kappa shape index (κ2) is 33.2. The van der Waals surface area contributed by atoms with Crippen molar-refractivity contribution in [3.8, 4) is 0 Å². The van der Waals surface area contributed by atoms with Crippen molar-refractivity contribution in [3.63, 3.8) is 0 Å². The van der Waals surface area contributed by atoms with Gasteiger partial charge in [-0.25, -0.2) is 4.79 Å². The average Bonchev–Trinajstić information content (AvgIpc) is 3.05. The maximum atomic E-state index is 12.6. The van der Waals surface area contributed by atoms with Crippen LogP contribution < -0.4 is 0 Å². The van der Waals surface area contributed by atoms with Crippen molar-refractivity contribution in [2.75, 3.05) is 41.0 Å². The maximum absolute atomic E-state index is 12.6. The molecule has 0 aliphatic heterocycles. The van der Waals surface area contributed by atoms with Crippen LogP contribution in [0.3, 0.4) is 0 Å². The number of hydrogen-bond acceptors (Lipinski definition) is 6. The predicted octanol–water partition coefficient (Wildman–Crippen LogP) is 10.4. The Balaban J connectivity index is 4.36. The second-order valence-electron chi connectivity index (χ2n) is 14.9. The summed E-state index contributed by atoms with van der Waals surface area (Å²) in [5, 5.41) is 9.58. The van der Waals surface area contributed by atoms with Crippen LogP contribution in [0.25, 0.3) is 0 Å². The molecule has 0 saturated carbocycles. The van der Waals surface area contributed by atoms with Crippen LogP contribution in [0.15, 0.2) is 12.2 Å². The SMILES string of the molecule is CCCC/C=C\CCCCCCCC(=O)OC(COCCC(C(=O)O)[N+](C)(C)C)COC(=O)CCCCCCCCCCCCCCCC. The summed E-state index contributed by atoms with van der Waals surface area (Å²) in [6, 6.07) is -0.610. The molecule has 2 atom stereocenters. The van der Waals surface area contributed by atoms with E-state index in [0.29, 0.717) is 19.3 Å². The molecule has 0 spiro atoms. The number of carboxylic acid groups (broad SMARTS) is 1. The summed E-state index contributed by atoms with van der Waals surface area (Å²) in [7, 11) is 5.52. The summed E-state index contributed by atoms with van der Waals surface area (Å²) in [5.74, 6) is -1.47. The Bertz CT molecular complexity index is 823. The van der Waals surface area contributed by atoms with Crippen LogP contribution in [0.1, 0.15) is 181 Å². The lowest BCUT2D eigenvalue weighted by Crippen LogP contribution is -2.50. The number of esters is 2. The van der Waals surface area contributed by atoms with E-state index in [1.54, 1.807) is 0 Å². The van der Waals surface area contributed by atoms with Gasteiger partial charge in [-0.3, -0.25) is 9.59 Å². The van der Waals surface area contributed by atoms with Crippen molar-refractivity contribution < 1.29 is 38.2 Å². The zero-order valence-electron chi connectivity index (χ0n) is 32.7. The van der Waals surface area contributed by atoms with Gasteiger partial charge in [0.15, 0.2) is 12.1 Å². The molecule has 0 amide bonds. The van der Waals surface area contributed by atoms with Crippen molar-refractivity contribution in [2.24, 2.45) is 0 Å². The van der Waals surface area contributed by atoms with Gasteiger partial charge < -0.3 is 23.8 Å². The number of carbonyl (C=O) groups excluding carboxylic acids is 2. The van der Waals surface area contributed by atoms with Gasteiger partial charge in [0.2, 0.25) is 0 Å². The van der Waals surface area contributed by atoms with Gasteiger partial charge >= 0.3 is 17.9 Å². The number of likely N-dealkylation sites (N-methyl/N-ethyl adjacent to an activating group) is 1. The Morgan fingerprint density at radius 1 is 0.592 bits per heavy atom. The van der Waals surface area contributed by atoms with Gasteiger partial charge in [-0.15, -0.1) is 0 Å². The fourth-order valence-electron chi connectivity index (χ4n) is 5.95. The minimum Gasteiger partial charge on any atom is -0.477 e. The van der Waals surface area contributed by atoms with E-state index >= 15 is 0 Å². The summed E-state index contributed by atoms with van der Waals surface area (Å²) >= 11 is 0. The van der Waals surface area contributed by atoms with Gasteiger partial charge in [-0.05, 0) is 32.1 Å². The summed E-state index contributed by atoms with van der Waals surface area (Å²) in [5.41, 5.74) is 0. The standard InChI is InChI=1S/C41H77NO7/c1-6-8-10-12-14-16-18-19-20-22-23-25-27-29-31-39(43)48-36-37(35-47-34-33-38(41(45)46)42(3,4)5)49-40(44)32-30-28-26-24-21-17-15-13-11-9-7-2/h13,15,37-38H,6-12,14,16-36H2,1-5H3/p+1/b15-13-. The first kappa shape index (κ1) is 47.1. The summed E-state index contributed by atoms with van der Waals surface area (Å²) in [6.07, 6.45) is 32.5. The van der Waals surface area contributed by atoms with E-state index in [2.05, 4.69) is 26.0 Å². The third kappa shape index (κ3) is 31.8. The number of carbonyl (C=O) groups is 3. The molecule has 8 heteroatoms. The summed E-state index contributed by atoms with van der Waals surface area (Å²) in [6.45, 7) is 4.69. The second-order valence-corrected chi connectivity index (χ2v) is 14.9. The van der Waals surface area contributed by atoms with Crippen LogP contribution in [-0.4, -0.2) is 80.6 Å². The largest absolute Gasteiger partial charge is 0.477 e. The van der Waals surface area contributed by atoms with Crippen LogP contribution in [0, 0.1) is 0 Å². The fraction of sp³-hybridized carbons (Fsp3) is 0.878. The van der Waals surface area contributed by atoms with Crippen molar-refractivity contribution in [3.05, 3.63) is 12.2 Å². The number of hydrogen-bond donors (Lipinski definition) is 1. The van der Waals surface area contributed by atoms with Gasteiger partial charge in [0, 0.05) is 19.3 Å². The maximum Gasteiger partial charge on any atom is 0.362 e. The number of unbranched alkanes of at least 4 members (excludes halogenated alkanes) is 20. The number of quaternary nitrogens is 1. The molecule has 1 N–H and O–H groups in total. The van der Waals surface area contributed by atoms with Gasteiger partial charge in [-0.1, -0.05) is 142 Å². The lowest BCUT2D eigenvalue weighted by molar-refractivity contribution is -0.887. The first-order valence-corrected chi connectivity index (χ1v) is 20.2. The molecule has 0 bridgehead atoms. The minimum absolute atomic E-state index is 0.0490. The minimum atomic E-state index is -0.875. The molecule has 0 rings (SSSR count). The van der Waals surface area contributed by atoms with E-state index < -0.39 is 18.1 Å². The Kier molecular flexibility index (Phi) is 31.9. The first-order valence-electron chi connectivity index (χ1n) is 20.2. The van der Waals surface area contributed by atoms with E-state index in [0.717, 1.165) is 51.4 Å². The normalized spacial score (nSPS) is 13.1. The highest BCUT2D eigenvalue weighted by Crippen LogP contribution is 2.15. The molecule has 0 aromatic carbocycles. The number of carboxylic acids is 1. The molecule has 0 aliphatic rings. The zero-order chi connectivity index (χ0) is 36.4. The highest BCUT2D eigenvalue weighted by atomic mass is 16.6. The van der Waals surface area contributed by atoms with Crippen LogP contribution in [0.5, 0.6) is 0 Å². The lowest BCUT2D eigenvalue weighted by Gasteiger charge is -2.31. The van der Waals surface area contributed by atoms with E-state index in [-0.39, 0.29) is 36.2 Å². The smallest absolute Gasteiger partial charge is 0.362 e. The molecular formula is C41H78NO7+. The van der Waals surface area contributed by atoms with Crippen molar-refractivity contribution >= 4 is 17.9 Å². The van der Waals surface area contributed by atoms with Crippen molar-refractivity contribution in [1.29, 1.82) is 0 Å². The number of nitrogens with zero attached hydrogens (tertiary/aromatic N) is 1. The molecule has 0 aromatic rings. The van der Waals surface area contributed by atoms with Crippen LogP contribution >= 0.6 is 0 Å². The average molecular weight is 697 g/mol. The van der Waals surface area contributed by atoms with E-state index in [1.165, 1.54) is 96.3 Å². The highest BCUT2D eigenvalue weighted by Gasteiger charge is 2.31. The molecule has 8 nitrogen and oxygen atoms in total. The Labute approximate surface area is 301 Å². The van der Waals surface area contributed by atoms with E-state index in [1.807, 2.05) is 21.1 Å². The molecule has 0 fully saturated rings. The number of ether oxygens (including phenoxy) is 3. The van der Waals surface area contributed by atoms with Gasteiger partial charge in [0.25, 0.3) is 0 Å². The number of aliphatic carboxylic acids is 1. The highest BCUT2D eigenvalue weighted by molar-refractivity contribution is 5.72. The third-order valence-electron chi connectivity index (χ3n) is 9.16. The van der Waals surface area contributed by atoms with E-state index in [9.17, 15) is 19.5 Å². The first-order chi connectivity index (χ1) is 23.6. The molecule has 288 valence electrons. The van der Waals surface area contributed by atoms with Gasteiger partial charge in [-0.2, -0.15) is 0 Å². The van der Waals surface area contributed by atoms with Crippen molar-refractivity contribution in [1.82, 2.24) is 0 Å². The summed E-state index contributed by atoms with van der Waals surface area (Å²) < 4.78 is 17.2. The Morgan fingerprint density at radius 2 is 1.04 bits per heavy atom. The fourth-order valence-corrected chi connectivity index (χ4v) is 5.95. The molecule has 0 aromatic heterocycles. The quantitative estimate of drug-likeness (QED) is 0.0301. The van der Waals surface area contributed by atoms with Gasteiger partial charge in [0.05, 0.1) is 34.4 Å².